The van der Waals surface area contributed by atoms with Crippen LogP contribution < -0.4 is 0 Å². The Labute approximate surface area is 97.1 Å². The van der Waals surface area contributed by atoms with Gasteiger partial charge in [-0.1, -0.05) is 11.6 Å². The number of carbonyl (C=O) groups is 1. The van der Waals surface area contributed by atoms with Gasteiger partial charge in [-0.15, -0.1) is 0 Å². The fraction of sp³-hybridized carbons (Fsp3) is 0.364. The van der Waals surface area contributed by atoms with E-state index in [1.807, 2.05) is 0 Å². The highest BCUT2D eigenvalue weighted by molar-refractivity contribution is 6.30. The van der Waals surface area contributed by atoms with Crippen LogP contribution in [0.1, 0.15) is 16.8 Å². The minimum Gasteiger partial charge on any atom is -0.456 e. The second-order valence-corrected chi connectivity index (χ2v) is 3.95. The van der Waals surface area contributed by atoms with E-state index in [9.17, 15) is 9.18 Å². The van der Waals surface area contributed by atoms with Crippen molar-refractivity contribution in [2.45, 2.75) is 12.5 Å². The largest absolute Gasteiger partial charge is 0.456 e. The fourth-order valence-electron chi connectivity index (χ4n) is 1.47. The minimum atomic E-state index is -0.699. The van der Waals surface area contributed by atoms with Crippen LogP contribution in [-0.2, 0) is 9.47 Å². The molecule has 0 aliphatic carbocycles. The van der Waals surface area contributed by atoms with E-state index in [0.717, 1.165) is 6.07 Å². The standard InChI is InChI=1S/C11H10ClFO3/c12-7-1-2-10(13)9(5-7)11(14)16-8-3-4-15-6-8/h1-2,5,8H,3-4,6H2. The molecule has 0 radical (unpaired) electrons. The molecule has 1 aromatic rings. The number of ether oxygens (including phenoxy) is 2. The molecule has 0 aromatic heterocycles. The van der Waals surface area contributed by atoms with Gasteiger partial charge in [0.15, 0.2) is 0 Å². The van der Waals surface area contributed by atoms with E-state index in [0.29, 0.717) is 24.7 Å². The number of halogens is 2. The van der Waals surface area contributed by atoms with Gasteiger partial charge in [0.1, 0.15) is 11.9 Å². The molecule has 0 saturated carbocycles. The Balaban J connectivity index is 2.10. The molecular formula is C11H10ClFO3. The van der Waals surface area contributed by atoms with Crippen molar-refractivity contribution in [2.24, 2.45) is 0 Å². The summed E-state index contributed by atoms with van der Waals surface area (Å²) in [5.74, 6) is -1.33. The van der Waals surface area contributed by atoms with Crippen LogP contribution in [0, 0.1) is 5.82 Å². The summed E-state index contributed by atoms with van der Waals surface area (Å²) in [6, 6.07) is 3.78. The molecule has 1 heterocycles. The van der Waals surface area contributed by atoms with Gasteiger partial charge in [-0.3, -0.25) is 0 Å². The molecule has 1 atom stereocenters. The normalized spacial score (nSPS) is 19.8. The molecule has 0 N–H and O–H groups in total. The Bertz CT molecular complexity index is 402. The monoisotopic (exact) mass is 244 g/mol. The van der Waals surface area contributed by atoms with Gasteiger partial charge < -0.3 is 9.47 Å². The molecule has 1 fully saturated rings. The van der Waals surface area contributed by atoms with Crippen molar-refractivity contribution in [1.29, 1.82) is 0 Å². The first kappa shape index (κ1) is 11.4. The molecule has 0 amide bonds. The van der Waals surface area contributed by atoms with Gasteiger partial charge in [-0.25, -0.2) is 9.18 Å². The number of hydrogen-bond acceptors (Lipinski definition) is 3. The maximum Gasteiger partial charge on any atom is 0.341 e. The topological polar surface area (TPSA) is 35.5 Å². The Morgan fingerprint density at radius 3 is 3.06 bits per heavy atom. The first-order chi connectivity index (χ1) is 7.66. The van der Waals surface area contributed by atoms with Crippen molar-refractivity contribution < 1.29 is 18.7 Å². The van der Waals surface area contributed by atoms with Gasteiger partial charge in [0.05, 0.1) is 18.8 Å². The lowest BCUT2D eigenvalue weighted by atomic mass is 10.2. The summed E-state index contributed by atoms with van der Waals surface area (Å²) in [7, 11) is 0. The summed E-state index contributed by atoms with van der Waals surface area (Å²) < 4.78 is 23.4. The quantitative estimate of drug-likeness (QED) is 0.750. The maximum atomic E-state index is 13.3. The van der Waals surface area contributed by atoms with Crippen LogP contribution in [-0.4, -0.2) is 25.3 Å². The summed E-state index contributed by atoms with van der Waals surface area (Å²) in [5, 5.41) is 0.302. The van der Waals surface area contributed by atoms with Crippen LogP contribution in [0.15, 0.2) is 18.2 Å². The smallest absolute Gasteiger partial charge is 0.341 e. The molecule has 1 aliphatic rings. The maximum absolute atomic E-state index is 13.3. The summed E-state index contributed by atoms with van der Waals surface area (Å²) in [4.78, 5) is 11.6. The molecule has 1 aromatic carbocycles. The molecular weight excluding hydrogens is 235 g/mol. The third kappa shape index (κ3) is 2.51. The number of hydrogen-bond donors (Lipinski definition) is 0. The highest BCUT2D eigenvalue weighted by Crippen LogP contribution is 2.18. The van der Waals surface area contributed by atoms with Gasteiger partial charge in [-0.05, 0) is 18.2 Å². The van der Waals surface area contributed by atoms with Crippen LogP contribution in [0.25, 0.3) is 0 Å². The van der Waals surface area contributed by atoms with E-state index >= 15 is 0 Å². The van der Waals surface area contributed by atoms with Gasteiger partial charge in [0.25, 0.3) is 0 Å². The number of esters is 1. The lowest BCUT2D eigenvalue weighted by Crippen LogP contribution is -2.18. The van der Waals surface area contributed by atoms with E-state index in [1.165, 1.54) is 12.1 Å². The molecule has 16 heavy (non-hydrogen) atoms. The summed E-state index contributed by atoms with van der Waals surface area (Å²) in [5.41, 5.74) is -0.139. The average molecular weight is 245 g/mol. The number of carbonyl (C=O) groups excluding carboxylic acids is 1. The second kappa shape index (κ2) is 4.80. The number of benzene rings is 1. The third-order valence-electron chi connectivity index (χ3n) is 2.31. The minimum absolute atomic E-state index is 0.139. The summed E-state index contributed by atoms with van der Waals surface area (Å²) >= 11 is 5.68. The lowest BCUT2D eigenvalue weighted by Gasteiger charge is -2.10. The van der Waals surface area contributed by atoms with Crippen LogP contribution in [0.2, 0.25) is 5.02 Å². The van der Waals surface area contributed by atoms with Crippen LogP contribution in [0.5, 0.6) is 0 Å². The predicted octanol–water partition coefficient (Wildman–Crippen LogP) is 2.42. The molecule has 1 aliphatic heterocycles. The van der Waals surface area contributed by atoms with E-state index in [-0.39, 0.29) is 11.7 Å². The Hall–Kier alpha value is -1.13. The highest BCUT2D eigenvalue weighted by Gasteiger charge is 2.22. The molecule has 3 nitrogen and oxygen atoms in total. The fourth-order valence-corrected chi connectivity index (χ4v) is 1.65. The zero-order valence-electron chi connectivity index (χ0n) is 8.41. The molecule has 1 saturated heterocycles. The Morgan fingerprint density at radius 1 is 1.56 bits per heavy atom. The van der Waals surface area contributed by atoms with E-state index < -0.39 is 11.8 Å². The first-order valence-corrected chi connectivity index (χ1v) is 5.28. The second-order valence-electron chi connectivity index (χ2n) is 3.52. The first-order valence-electron chi connectivity index (χ1n) is 4.90. The van der Waals surface area contributed by atoms with Gasteiger partial charge in [0.2, 0.25) is 0 Å². The molecule has 0 spiro atoms. The highest BCUT2D eigenvalue weighted by atomic mass is 35.5. The Kier molecular flexibility index (Phi) is 3.41. The van der Waals surface area contributed by atoms with Crippen molar-refractivity contribution in [3.8, 4) is 0 Å². The predicted molar refractivity (Wildman–Crippen MR) is 56.0 cm³/mol. The average Bonchev–Trinajstić information content (AvgIpc) is 2.74. The molecule has 2 rings (SSSR count). The zero-order valence-corrected chi connectivity index (χ0v) is 9.17. The van der Waals surface area contributed by atoms with Gasteiger partial charge >= 0.3 is 5.97 Å². The van der Waals surface area contributed by atoms with Gasteiger partial charge in [0, 0.05) is 11.4 Å². The summed E-state index contributed by atoms with van der Waals surface area (Å²) in [6.07, 6.45) is 0.361. The molecule has 0 bridgehead atoms. The van der Waals surface area contributed by atoms with Crippen molar-refractivity contribution in [2.75, 3.05) is 13.2 Å². The van der Waals surface area contributed by atoms with Crippen molar-refractivity contribution >= 4 is 17.6 Å². The summed E-state index contributed by atoms with van der Waals surface area (Å²) in [6.45, 7) is 0.934. The van der Waals surface area contributed by atoms with Gasteiger partial charge in [-0.2, -0.15) is 0 Å². The third-order valence-corrected chi connectivity index (χ3v) is 2.55. The van der Waals surface area contributed by atoms with E-state index in [4.69, 9.17) is 21.1 Å². The van der Waals surface area contributed by atoms with E-state index in [1.54, 1.807) is 0 Å². The van der Waals surface area contributed by atoms with Crippen molar-refractivity contribution in [3.05, 3.63) is 34.6 Å². The van der Waals surface area contributed by atoms with Crippen LogP contribution in [0.3, 0.4) is 0 Å². The molecule has 86 valence electrons. The van der Waals surface area contributed by atoms with Crippen LogP contribution >= 0.6 is 11.6 Å². The molecule has 1 unspecified atom stereocenters. The number of rotatable bonds is 2. The Morgan fingerprint density at radius 2 is 2.38 bits per heavy atom. The van der Waals surface area contributed by atoms with Crippen molar-refractivity contribution in [3.63, 3.8) is 0 Å². The van der Waals surface area contributed by atoms with Crippen molar-refractivity contribution in [1.82, 2.24) is 0 Å². The zero-order chi connectivity index (χ0) is 11.5. The SMILES string of the molecule is O=C(OC1CCOC1)c1cc(Cl)ccc1F. The van der Waals surface area contributed by atoms with E-state index in [2.05, 4.69) is 0 Å². The van der Waals surface area contributed by atoms with Crippen LogP contribution in [0.4, 0.5) is 4.39 Å². The molecule has 5 heteroatoms. The lowest BCUT2D eigenvalue weighted by molar-refractivity contribution is 0.0265.